The van der Waals surface area contributed by atoms with Crippen molar-refractivity contribution in [1.29, 1.82) is 0 Å². The number of thioether (sulfide) groups is 1. The molecule has 0 bridgehead atoms. The molecule has 1 aromatic carbocycles. The van der Waals surface area contributed by atoms with Crippen LogP contribution in [0.2, 0.25) is 0 Å². The quantitative estimate of drug-likeness (QED) is 0.816. The molecule has 0 aliphatic heterocycles. The molecular weight excluding hydrogens is 220 g/mol. The highest BCUT2D eigenvalue weighted by Gasteiger charge is 2.20. The molecule has 0 heterocycles. The van der Waals surface area contributed by atoms with E-state index in [1.165, 1.54) is 16.0 Å². The third-order valence-electron chi connectivity index (χ3n) is 2.75. The van der Waals surface area contributed by atoms with Crippen molar-refractivity contribution in [3.05, 3.63) is 29.3 Å². The third-order valence-corrected chi connectivity index (χ3v) is 4.22. The highest BCUT2D eigenvalue weighted by Crippen LogP contribution is 2.31. The van der Waals surface area contributed by atoms with Gasteiger partial charge in [-0.3, -0.25) is 4.79 Å². The number of aryl methyl sites for hydroxylation is 2. The molecule has 0 saturated heterocycles. The lowest BCUT2D eigenvalue weighted by molar-refractivity contribution is -0.140. The summed E-state index contributed by atoms with van der Waals surface area (Å²) in [5, 5.41) is 9.02. The first kappa shape index (κ1) is 13.1. The molecule has 1 aromatic rings. The fraction of sp³-hybridized carbons (Fsp3) is 0.462. The second-order valence-corrected chi connectivity index (χ2v) is 5.64. The average molecular weight is 238 g/mol. The monoisotopic (exact) mass is 238 g/mol. The van der Waals surface area contributed by atoms with Crippen molar-refractivity contribution >= 4 is 17.7 Å². The number of carboxylic acids is 1. The Balaban J connectivity index is 2.80. The first-order valence-corrected chi connectivity index (χ1v) is 6.26. The van der Waals surface area contributed by atoms with Crippen LogP contribution in [0.15, 0.2) is 23.1 Å². The second kappa shape index (κ2) is 5.39. The van der Waals surface area contributed by atoms with Crippen molar-refractivity contribution in [3.63, 3.8) is 0 Å². The lowest BCUT2D eigenvalue weighted by atomic mass is 10.1. The summed E-state index contributed by atoms with van der Waals surface area (Å²) in [6, 6.07) is 6.27. The number of hydrogen-bond donors (Lipinski definition) is 1. The molecule has 2 nitrogen and oxygen atoms in total. The Kier molecular flexibility index (Phi) is 4.42. The summed E-state index contributed by atoms with van der Waals surface area (Å²) in [5.41, 5.74) is 2.42. The van der Waals surface area contributed by atoms with Crippen molar-refractivity contribution in [2.75, 3.05) is 0 Å². The summed E-state index contributed by atoms with van der Waals surface area (Å²) < 4.78 is 0. The van der Waals surface area contributed by atoms with Crippen molar-refractivity contribution < 1.29 is 9.90 Å². The van der Waals surface area contributed by atoms with Gasteiger partial charge in [0, 0.05) is 10.1 Å². The normalized spacial score (nSPS) is 14.5. The van der Waals surface area contributed by atoms with Crippen LogP contribution in [0.3, 0.4) is 0 Å². The molecule has 2 atom stereocenters. The first-order chi connectivity index (χ1) is 7.41. The van der Waals surface area contributed by atoms with Crippen molar-refractivity contribution in [2.24, 2.45) is 5.92 Å². The minimum Gasteiger partial charge on any atom is -0.481 e. The molecule has 1 N–H and O–H groups in total. The Morgan fingerprint density at radius 3 is 2.50 bits per heavy atom. The van der Waals surface area contributed by atoms with Crippen LogP contribution in [-0.2, 0) is 4.79 Å². The molecule has 0 fully saturated rings. The van der Waals surface area contributed by atoms with E-state index in [9.17, 15) is 4.79 Å². The van der Waals surface area contributed by atoms with Crippen molar-refractivity contribution in [1.82, 2.24) is 0 Å². The molecule has 2 unspecified atom stereocenters. The fourth-order valence-corrected chi connectivity index (χ4v) is 2.57. The Bertz CT molecular complexity index is 388. The van der Waals surface area contributed by atoms with Crippen LogP contribution in [0.5, 0.6) is 0 Å². The van der Waals surface area contributed by atoms with Gasteiger partial charge in [0.05, 0.1) is 5.92 Å². The highest BCUT2D eigenvalue weighted by molar-refractivity contribution is 8.00. The summed E-state index contributed by atoms with van der Waals surface area (Å²) in [6.07, 6.45) is 0. The van der Waals surface area contributed by atoms with Crippen LogP contribution in [0.1, 0.15) is 25.0 Å². The van der Waals surface area contributed by atoms with E-state index in [1.54, 1.807) is 18.7 Å². The van der Waals surface area contributed by atoms with Crippen LogP contribution in [-0.4, -0.2) is 16.3 Å². The number of carbonyl (C=O) groups is 1. The third kappa shape index (κ3) is 3.27. The summed E-state index contributed by atoms with van der Waals surface area (Å²) in [7, 11) is 0. The predicted molar refractivity (Wildman–Crippen MR) is 68.0 cm³/mol. The van der Waals surface area contributed by atoms with Crippen LogP contribution in [0, 0.1) is 19.8 Å². The first-order valence-electron chi connectivity index (χ1n) is 5.38. The molecule has 16 heavy (non-hydrogen) atoms. The molecule has 0 aliphatic rings. The van der Waals surface area contributed by atoms with Gasteiger partial charge in [-0.25, -0.2) is 0 Å². The maximum Gasteiger partial charge on any atom is 0.307 e. The van der Waals surface area contributed by atoms with Gasteiger partial charge in [0.1, 0.15) is 0 Å². The Morgan fingerprint density at radius 2 is 1.94 bits per heavy atom. The van der Waals surface area contributed by atoms with Gasteiger partial charge in [-0.05, 0) is 25.5 Å². The molecule has 88 valence electrons. The van der Waals surface area contributed by atoms with E-state index in [1.807, 2.05) is 6.92 Å². The standard InChI is InChI=1S/C13H18O2S/c1-8-5-6-9(2)12(7-8)16-11(4)10(3)13(14)15/h5-7,10-11H,1-4H3,(H,14,15). The zero-order chi connectivity index (χ0) is 12.3. The zero-order valence-electron chi connectivity index (χ0n) is 10.2. The van der Waals surface area contributed by atoms with Gasteiger partial charge in [-0.2, -0.15) is 0 Å². The maximum absolute atomic E-state index is 10.9. The molecule has 0 radical (unpaired) electrons. The Morgan fingerprint density at radius 1 is 1.31 bits per heavy atom. The van der Waals surface area contributed by atoms with Gasteiger partial charge in [0.15, 0.2) is 0 Å². The van der Waals surface area contributed by atoms with Gasteiger partial charge in [-0.15, -0.1) is 11.8 Å². The fourth-order valence-electron chi connectivity index (χ4n) is 1.34. The van der Waals surface area contributed by atoms with Crippen molar-refractivity contribution in [2.45, 2.75) is 37.8 Å². The Labute approximate surface area is 101 Å². The number of benzene rings is 1. The summed E-state index contributed by atoms with van der Waals surface area (Å²) >= 11 is 1.64. The van der Waals surface area contributed by atoms with Gasteiger partial charge in [-0.1, -0.05) is 31.5 Å². The second-order valence-electron chi connectivity index (χ2n) is 4.22. The van der Waals surface area contributed by atoms with E-state index in [4.69, 9.17) is 5.11 Å². The van der Waals surface area contributed by atoms with Crippen molar-refractivity contribution in [3.8, 4) is 0 Å². The maximum atomic E-state index is 10.9. The predicted octanol–water partition coefficient (Wildman–Crippen LogP) is 3.50. The van der Waals surface area contributed by atoms with E-state index in [-0.39, 0.29) is 11.2 Å². The van der Waals surface area contributed by atoms with Crippen LogP contribution in [0.4, 0.5) is 0 Å². The lowest BCUT2D eigenvalue weighted by Gasteiger charge is -2.17. The average Bonchev–Trinajstić information content (AvgIpc) is 2.22. The minimum atomic E-state index is -0.731. The van der Waals surface area contributed by atoms with Crippen LogP contribution < -0.4 is 0 Å². The molecule has 3 heteroatoms. The number of aliphatic carboxylic acids is 1. The van der Waals surface area contributed by atoms with Gasteiger partial charge >= 0.3 is 5.97 Å². The molecule has 0 amide bonds. The summed E-state index contributed by atoms with van der Waals surface area (Å²) in [6.45, 7) is 7.82. The molecule has 0 aromatic heterocycles. The molecule has 0 aliphatic carbocycles. The van der Waals surface area contributed by atoms with Gasteiger partial charge in [0.2, 0.25) is 0 Å². The van der Waals surface area contributed by atoms with E-state index < -0.39 is 5.97 Å². The van der Waals surface area contributed by atoms with E-state index in [0.717, 1.165) is 0 Å². The Hall–Kier alpha value is -0.960. The highest BCUT2D eigenvalue weighted by atomic mass is 32.2. The summed E-state index contributed by atoms with van der Waals surface area (Å²) in [4.78, 5) is 12.1. The minimum absolute atomic E-state index is 0.0815. The molecule has 1 rings (SSSR count). The van der Waals surface area contributed by atoms with Crippen LogP contribution in [0.25, 0.3) is 0 Å². The smallest absolute Gasteiger partial charge is 0.307 e. The number of rotatable bonds is 4. The largest absolute Gasteiger partial charge is 0.481 e. The number of hydrogen-bond acceptors (Lipinski definition) is 2. The molecular formula is C13H18O2S. The SMILES string of the molecule is Cc1ccc(C)c(SC(C)C(C)C(=O)O)c1. The van der Waals surface area contributed by atoms with Gasteiger partial charge < -0.3 is 5.11 Å². The zero-order valence-corrected chi connectivity index (χ0v) is 11.0. The van der Waals surface area contributed by atoms with Crippen LogP contribution >= 0.6 is 11.8 Å². The van der Waals surface area contributed by atoms with Gasteiger partial charge in [0.25, 0.3) is 0 Å². The van der Waals surface area contributed by atoms with E-state index in [2.05, 4.69) is 32.0 Å². The van der Waals surface area contributed by atoms with E-state index >= 15 is 0 Å². The lowest BCUT2D eigenvalue weighted by Crippen LogP contribution is -2.20. The molecule has 0 spiro atoms. The summed E-state index contributed by atoms with van der Waals surface area (Å²) in [5.74, 6) is -1.06. The number of carboxylic acid groups (broad SMARTS) is 1. The topological polar surface area (TPSA) is 37.3 Å². The van der Waals surface area contributed by atoms with E-state index in [0.29, 0.717) is 0 Å². The molecule has 0 saturated carbocycles.